The topological polar surface area (TPSA) is 88.1 Å². The van der Waals surface area contributed by atoms with Gasteiger partial charge >= 0.3 is 5.97 Å². The Labute approximate surface area is 189 Å². The molecule has 1 aliphatic rings. The first-order chi connectivity index (χ1) is 14.9. The van der Waals surface area contributed by atoms with Gasteiger partial charge in [-0.25, -0.2) is 9.79 Å². The quantitative estimate of drug-likeness (QED) is 0.642. The summed E-state index contributed by atoms with van der Waals surface area (Å²) in [6, 6.07) is 13.4. The summed E-state index contributed by atoms with van der Waals surface area (Å²) in [7, 11) is 0. The predicted octanol–water partition coefficient (Wildman–Crippen LogP) is 4.50. The lowest BCUT2D eigenvalue weighted by atomic mass is 10.2. The fourth-order valence-electron chi connectivity index (χ4n) is 2.91. The van der Waals surface area contributed by atoms with Crippen LogP contribution in [-0.2, 0) is 14.3 Å². The summed E-state index contributed by atoms with van der Waals surface area (Å²) in [5.74, 6) is -0.884. The number of halogens is 1. The average molecular weight is 460 g/mol. The second-order valence-corrected chi connectivity index (χ2v) is 8.21. The molecule has 0 bridgehead atoms. The zero-order chi connectivity index (χ0) is 22.4. The van der Waals surface area contributed by atoms with Crippen LogP contribution in [0.3, 0.4) is 0 Å². The Morgan fingerprint density at radius 2 is 1.84 bits per heavy atom. The van der Waals surface area contributed by atoms with Crippen LogP contribution in [0.15, 0.2) is 53.5 Å². The summed E-state index contributed by atoms with van der Waals surface area (Å²) < 4.78 is 4.95. The molecular formula is C22H22ClN3O4S. The lowest BCUT2D eigenvalue weighted by Gasteiger charge is -2.30. The number of anilines is 1. The van der Waals surface area contributed by atoms with Crippen molar-refractivity contribution >= 4 is 57.7 Å². The molecule has 1 heterocycles. The number of carbonyl (C=O) groups is 3. The van der Waals surface area contributed by atoms with Gasteiger partial charge in [-0.15, -0.1) is 0 Å². The van der Waals surface area contributed by atoms with E-state index in [1.807, 2.05) is 6.92 Å². The summed E-state index contributed by atoms with van der Waals surface area (Å²) in [5, 5.41) is 3.24. The molecule has 2 aromatic carbocycles. The first-order valence-corrected chi connectivity index (χ1v) is 11.1. The standard InChI is InChI=1S/C22H22ClN3O4S/c1-3-26-19(27)13-18(31-22(26)25-17-11-7-15(23)8-12-17)20(28)24-16-9-5-14(6-10-16)21(29)30-4-2/h5-12,18H,3-4,13H2,1-2H3,(H,24,28). The van der Waals surface area contributed by atoms with Crippen LogP contribution < -0.4 is 5.32 Å². The fraction of sp³-hybridized carbons (Fsp3) is 0.273. The Hall–Kier alpha value is -2.84. The second kappa shape index (κ2) is 10.5. The van der Waals surface area contributed by atoms with Gasteiger partial charge in [0.15, 0.2) is 5.17 Å². The highest BCUT2D eigenvalue weighted by molar-refractivity contribution is 8.15. The summed E-state index contributed by atoms with van der Waals surface area (Å²) in [6.45, 7) is 4.35. The molecule has 0 aromatic heterocycles. The minimum Gasteiger partial charge on any atom is -0.462 e. The highest BCUT2D eigenvalue weighted by Crippen LogP contribution is 2.30. The van der Waals surface area contributed by atoms with Crippen molar-refractivity contribution in [2.24, 2.45) is 4.99 Å². The van der Waals surface area contributed by atoms with Crippen LogP contribution in [-0.4, -0.2) is 46.3 Å². The van der Waals surface area contributed by atoms with E-state index in [9.17, 15) is 14.4 Å². The maximum Gasteiger partial charge on any atom is 0.338 e. The van der Waals surface area contributed by atoms with Crippen molar-refractivity contribution in [1.29, 1.82) is 0 Å². The van der Waals surface area contributed by atoms with E-state index in [-0.39, 0.29) is 18.2 Å². The number of hydrogen-bond acceptors (Lipinski definition) is 6. The van der Waals surface area contributed by atoms with Crippen LogP contribution in [0.1, 0.15) is 30.6 Å². The molecule has 1 N–H and O–H groups in total. The Balaban J connectivity index is 1.73. The van der Waals surface area contributed by atoms with Crippen LogP contribution >= 0.6 is 23.4 Å². The number of nitrogens with zero attached hydrogens (tertiary/aromatic N) is 2. The third-order valence-electron chi connectivity index (χ3n) is 4.46. The van der Waals surface area contributed by atoms with Gasteiger partial charge in [0.2, 0.25) is 11.8 Å². The van der Waals surface area contributed by atoms with Crippen molar-refractivity contribution in [2.45, 2.75) is 25.5 Å². The molecular weight excluding hydrogens is 438 g/mol. The SMILES string of the molecule is CCOC(=O)c1ccc(NC(=O)C2CC(=O)N(CC)C(=Nc3ccc(Cl)cc3)S2)cc1. The smallest absolute Gasteiger partial charge is 0.338 e. The van der Waals surface area contributed by atoms with E-state index in [0.717, 1.165) is 0 Å². The Bertz CT molecular complexity index is 993. The number of benzene rings is 2. The number of thioether (sulfide) groups is 1. The van der Waals surface area contributed by atoms with Crippen molar-refractivity contribution in [3.63, 3.8) is 0 Å². The maximum atomic E-state index is 12.8. The Morgan fingerprint density at radius 3 is 2.45 bits per heavy atom. The zero-order valence-corrected chi connectivity index (χ0v) is 18.7. The van der Waals surface area contributed by atoms with Crippen LogP contribution in [0, 0.1) is 0 Å². The molecule has 1 saturated heterocycles. The van der Waals surface area contributed by atoms with E-state index in [1.165, 1.54) is 11.8 Å². The lowest BCUT2D eigenvalue weighted by molar-refractivity contribution is -0.129. The molecule has 3 rings (SSSR count). The molecule has 31 heavy (non-hydrogen) atoms. The summed E-state index contributed by atoms with van der Waals surface area (Å²) in [6.07, 6.45) is 0.0743. The van der Waals surface area contributed by atoms with E-state index in [0.29, 0.717) is 40.3 Å². The van der Waals surface area contributed by atoms with Gasteiger partial charge in [0.1, 0.15) is 5.25 Å². The molecule has 1 atom stereocenters. The van der Waals surface area contributed by atoms with Crippen molar-refractivity contribution in [3.8, 4) is 0 Å². The first-order valence-electron chi connectivity index (χ1n) is 9.80. The van der Waals surface area contributed by atoms with Gasteiger partial charge in [-0.1, -0.05) is 23.4 Å². The van der Waals surface area contributed by atoms with Gasteiger partial charge in [0.25, 0.3) is 0 Å². The van der Waals surface area contributed by atoms with E-state index in [1.54, 1.807) is 60.4 Å². The highest BCUT2D eigenvalue weighted by Gasteiger charge is 2.35. The van der Waals surface area contributed by atoms with Crippen LogP contribution in [0.5, 0.6) is 0 Å². The molecule has 162 valence electrons. The Morgan fingerprint density at radius 1 is 1.16 bits per heavy atom. The third kappa shape index (κ3) is 5.86. The van der Waals surface area contributed by atoms with Gasteiger partial charge < -0.3 is 10.1 Å². The molecule has 9 heteroatoms. The molecule has 7 nitrogen and oxygen atoms in total. The summed E-state index contributed by atoms with van der Waals surface area (Å²) in [4.78, 5) is 43.3. The molecule has 0 aliphatic carbocycles. The fourth-order valence-corrected chi connectivity index (χ4v) is 4.19. The van der Waals surface area contributed by atoms with Crippen LogP contribution in [0.4, 0.5) is 11.4 Å². The lowest BCUT2D eigenvalue weighted by Crippen LogP contribution is -2.45. The molecule has 1 aliphatic heterocycles. The number of esters is 1. The van der Waals surface area contributed by atoms with E-state index in [2.05, 4.69) is 10.3 Å². The molecule has 0 radical (unpaired) electrons. The first kappa shape index (κ1) is 22.8. The van der Waals surface area contributed by atoms with Crippen LogP contribution in [0.25, 0.3) is 0 Å². The van der Waals surface area contributed by atoms with Crippen molar-refractivity contribution < 1.29 is 19.1 Å². The van der Waals surface area contributed by atoms with Crippen LogP contribution in [0.2, 0.25) is 5.02 Å². The van der Waals surface area contributed by atoms with Gasteiger partial charge in [0.05, 0.1) is 17.9 Å². The van der Waals surface area contributed by atoms with Gasteiger partial charge in [-0.05, 0) is 62.4 Å². The number of hydrogen-bond donors (Lipinski definition) is 1. The molecule has 1 fully saturated rings. The highest BCUT2D eigenvalue weighted by atomic mass is 35.5. The number of carbonyl (C=O) groups excluding carboxylic acids is 3. The molecule has 0 saturated carbocycles. The minimum absolute atomic E-state index is 0.0743. The second-order valence-electron chi connectivity index (χ2n) is 6.61. The zero-order valence-electron chi connectivity index (χ0n) is 17.1. The normalized spacial score (nSPS) is 17.5. The van der Waals surface area contributed by atoms with Gasteiger partial charge in [-0.2, -0.15) is 0 Å². The number of aliphatic imine (C=N–C) groups is 1. The monoisotopic (exact) mass is 459 g/mol. The number of amides is 2. The van der Waals surface area contributed by atoms with E-state index < -0.39 is 11.2 Å². The van der Waals surface area contributed by atoms with Gasteiger partial charge in [0, 0.05) is 23.7 Å². The molecule has 1 unspecified atom stereocenters. The summed E-state index contributed by atoms with van der Waals surface area (Å²) in [5.41, 5.74) is 1.58. The number of amidine groups is 1. The maximum absolute atomic E-state index is 12.8. The third-order valence-corrected chi connectivity index (χ3v) is 5.90. The minimum atomic E-state index is -0.619. The average Bonchev–Trinajstić information content (AvgIpc) is 2.76. The molecule has 0 spiro atoms. The molecule has 2 amide bonds. The van der Waals surface area contributed by atoms with Gasteiger partial charge in [-0.3, -0.25) is 14.5 Å². The van der Waals surface area contributed by atoms with E-state index >= 15 is 0 Å². The predicted molar refractivity (Wildman–Crippen MR) is 123 cm³/mol. The molecule has 2 aromatic rings. The van der Waals surface area contributed by atoms with E-state index in [4.69, 9.17) is 16.3 Å². The number of rotatable bonds is 6. The van der Waals surface area contributed by atoms with Crippen molar-refractivity contribution in [2.75, 3.05) is 18.5 Å². The number of ether oxygens (including phenoxy) is 1. The number of nitrogens with one attached hydrogen (secondary N) is 1. The largest absolute Gasteiger partial charge is 0.462 e. The van der Waals surface area contributed by atoms with Crippen molar-refractivity contribution in [3.05, 3.63) is 59.1 Å². The summed E-state index contributed by atoms with van der Waals surface area (Å²) >= 11 is 7.17. The Kier molecular flexibility index (Phi) is 7.70. The van der Waals surface area contributed by atoms with Crippen molar-refractivity contribution in [1.82, 2.24) is 4.90 Å².